The lowest BCUT2D eigenvalue weighted by Crippen LogP contribution is -2.53. The molecular weight excluding hydrogens is 486 g/mol. The molecule has 0 radical (unpaired) electrons. The van der Waals surface area contributed by atoms with Crippen LogP contribution in [-0.2, 0) is 22.6 Å². The first-order valence-corrected chi connectivity index (χ1v) is 12.4. The topological polar surface area (TPSA) is 111 Å². The van der Waals surface area contributed by atoms with E-state index in [0.29, 0.717) is 6.42 Å². The molecule has 0 saturated heterocycles. The van der Waals surface area contributed by atoms with Crippen molar-refractivity contribution in [1.29, 1.82) is 0 Å². The van der Waals surface area contributed by atoms with Gasteiger partial charge >= 0.3 is 5.69 Å². The molecule has 0 unspecified atom stereocenters. The zero-order valence-electron chi connectivity index (χ0n) is 21.8. The maximum atomic E-state index is 13.6. The van der Waals surface area contributed by atoms with Crippen molar-refractivity contribution in [3.05, 3.63) is 100 Å². The highest BCUT2D eigenvalue weighted by molar-refractivity contribution is 5.88. The largest absolute Gasteiger partial charge is 0.490 e. The summed E-state index contributed by atoms with van der Waals surface area (Å²) in [7, 11) is 1.32. The van der Waals surface area contributed by atoms with Gasteiger partial charge in [0.1, 0.15) is 11.8 Å². The van der Waals surface area contributed by atoms with Crippen molar-refractivity contribution in [3.63, 3.8) is 0 Å². The summed E-state index contributed by atoms with van der Waals surface area (Å²) in [6, 6.07) is 22.2. The molecule has 3 rings (SSSR count). The summed E-state index contributed by atoms with van der Waals surface area (Å²) < 4.78 is 10.8. The molecule has 1 N–H and O–H groups in total. The third-order valence-corrected chi connectivity index (χ3v) is 6.18. The first-order valence-electron chi connectivity index (χ1n) is 12.4. The lowest BCUT2D eigenvalue weighted by molar-refractivity contribution is -0.385. The first kappa shape index (κ1) is 28.2. The molecule has 0 bridgehead atoms. The Labute approximate surface area is 222 Å². The average Bonchev–Trinajstić information content (AvgIpc) is 2.94. The molecule has 2 amide bonds. The van der Waals surface area contributed by atoms with Crippen molar-refractivity contribution in [1.82, 2.24) is 10.2 Å². The van der Waals surface area contributed by atoms with Crippen LogP contribution in [0.1, 0.15) is 31.4 Å². The molecule has 0 fully saturated rings. The van der Waals surface area contributed by atoms with Crippen LogP contribution in [0.15, 0.2) is 78.9 Å². The van der Waals surface area contributed by atoms with Gasteiger partial charge in [-0.15, -0.1) is 0 Å². The molecule has 0 aliphatic rings. The van der Waals surface area contributed by atoms with Crippen LogP contribution in [0.4, 0.5) is 5.69 Å². The van der Waals surface area contributed by atoms with Gasteiger partial charge in [0.15, 0.2) is 6.61 Å². The second-order valence-corrected chi connectivity index (χ2v) is 8.91. The molecule has 200 valence electrons. The Kier molecular flexibility index (Phi) is 10.2. The van der Waals surface area contributed by atoms with E-state index in [9.17, 15) is 19.7 Å². The predicted molar refractivity (Wildman–Crippen MR) is 144 cm³/mol. The van der Waals surface area contributed by atoms with E-state index in [1.807, 2.05) is 74.5 Å². The number of carbonyl (C=O) groups is 2. The lowest BCUT2D eigenvalue weighted by atomic mass is 10.0. The monoisotopic (exact) mass is 519 g/mol. The van der Waals surface area contributed by atoms with Gasteiger partial charge in [0.2, 0.25) is 11.7 Å². The molecule has 0 aromatic heterocycles. The van der Waals surface area contributed by atoms with E-state index in [2.05, 4.69) is 5.32 Å². The van der Waals surface area contributed by atoms with Gasteiger partial charge in [0, 0.05) is 31.1 Å². The normalized spacial score (nSPS) is 12.2. The Morgan fingerprint density at radius 1 is 1.00 bits per heavy atom. The highest BCUT2D eigenvalue weighted by atomic mass is 16.6. The number of nitro groups is 1. The SMILES string of the molecule is CC[C@@H](C)NC(=O)[C@@H](Cc1ccccc1)N(Cc1ccccc1)C(=O)COc1ccc([N+](=O)[O-])c(OC)c1. The standard InChI is InChI=1S/C29H33N3O6/c1-4-21(2)30-29(34)26(17-22-11-7-5-8-12-22)31(19-23-13-9-6-10-14-23)28(33)20-38-24-15-16-25(32(35)36)27(18-24)37-3/h5-16,18,21,26H,4,17,19-20H2,1-3H3,(H,30,34)/t21-,26-/m1/s1. The molecule has 3 aromatic rings. The summed E-state index contributed by atoms with van der Waals surface area (Å²) in [6.45, 7) is 3.75. The van der Waals surface area contributed by atoms with Gasteiger partial charge in [-0.1, -0.05) is 67.6 Å². The van der Waals surface area contributed by atoms with Crippen molar-refractivity contribution in [2.24, 2.45) is 0 Å². The van der Waals surface area contributed by atoms with E-state index in [-0.39, 0.29) is 42.3 Å². The van der Waals surface area contributed by atoms with Crippen molar-refractivity contribution in [2.45, 2.75) is 45.3 Å². The Morgan fingerprint density at radius 3 is 2.21 bits per heavy atom. The minimum atomic E-state index is -0.783. The number of ether oxygens (including phenoxy) is 2. The smallest absolute Gasteiger partial charge is 0.311 e. The molecular formula is C29H33N3O6. The molecule has 0 spiro atoms. The van der Waals surface area contributed by atoms with Crippen LogP contribution in [0.3, 0.4) is 0 Å². The zero-order valence-corrected chi connectivity index (χ0v) is 21.8. The number of amides is 2. The third kappa shape index (κ3) is 7.80. The third-order valence-electron chi connectivity index (χ3n) is 6.18. The van der Waals surface area contributed by atoms with Crippen LogP contribution in [-0.4, -0.2) is 47.4 Å². The van der Waals surface area contributed by atoms with Gasteiger partial charge in [-0.2, -0.15) is 0 Å². The summed E-state index contributed by atoms with van der Waals surface area (Å²) in [5.74, 6) is -0.379. The van der Waals surface area contributed by atoms with E-state index in [0.717, 1.165) is 17.5 Å². The number of nitrogens with one attached hydrogen (secondary N) is 1. The summed E-state index contributed by atoms with van der Waals surface area (Å²) in [5, 5.41) is 14.2. The number of carbonyl (C=O) groups excluding carboxylic acids is 2. The van der Waals surface area contributed by atoms with Crippen molar-refractivity contribution in [3.8, 4) is 11.5 Å². The predicted octanol–water partition coefficient (Wildman–Crippen LogP) is 4.54. The molecule has 3 aromatic carbocycles. The number of hydrogen-bond donors (Lipinski definition) is 1. The summed E-state index contributed by atoms with van der Waals surface area (Å²) in [6.07, 6.45) is 1.08. The maximum Gasteiger partial charge on any atom is 0.311 e. The first-order chi connectivity index (χ1) is 18.3. The second-order valence-electron chi connectivity index (χ2n) is 8.91. The van der Waals surface area contributed by atoms with Crippen LogP contribution in [0.5, 0.6) is 11.5 Å². The number of benzene rings is 3. The van der Waals surface area contributed by atoms with E-state index < -0.39 is 16.9 Å². The summed E-state index contributed by atoms with van der Waals surface area (Å²) >= 11 is 0. The highest BCUT2D eigenvalue weighted by Gasteiger charge is 2.31. The van der Waals surface area contributed by atoms with Gasteiger partial charge in [0.05, 0.1) is 12.0 Å². The van der Waals surface area contributed by atoms with E-state index in [1.165, 1.54) is 30.2 Å². The minimum absolute atomic E-state index is 0.0241. The molecule has 2 atom stereocenters. The van der Waals surface area contributed by atoms with Crippen LogP contribution in [0.2, 0.25) is 0 Å². The van der Waals surface area contributed by atoms with Gasteiger partial charge in [-0.05, 0) is 30.5 Å². The van der Waals surface area contributed by atoms with Crippen molar-refractivity contribution < 1.29 is 24.0 Å². The van der Waals surface area contributed by atoms with Gasteiger partial charge in [-0.3, -0.25) is 19.7 Å². The molecule has 0 aliphatic heterocycles. The second kappa shape index (κ2) is 13.8. The quantitative estimate of drug-likeness (QED) is 0.262. The van der Waals surface area contributed by atoms with Crippen LogP contribution >= 0.6 is 0 Å². The minimum Gasteiger partial charge on any atom is -0.490 e. The fraction of sp³-hybridized carbons (Fsp3) is 0.310. The average molecular weight is 520 g/mol. The summed E-state index contributed by atoms with van der Waals surface area (Å²) in [5.41, 5.74) is 1.58. The van der Waals surface area contributed by atoms with E-state index >= 15 is 0 Å². The fourth-order valence-corrected chi connectivity index (χ4v) is 3.90. The highest BCUT2D eigenvalue weighted by Crippen LogP contribution is 2.30. The van der Waals surface area contributed by atoms with Crippen LogP contribution < -0.4 is 14.8 Å². The Hall–Kier alpha value is -4.40. The van der Waals surface area contributed by atoms with Gasteiger partial charge < -0.3 is 19.7 Å². The van der Waals surface area contributed by atoms with E-state index in [1.54, 1.807) is 0 Å². The number of methoxy groups -OCH3 is 1. The van der Waals surface area contributed by atoms with Gasteiger partial charge in [0.25, 0.3) is 5.91 Å². The Balaban J connectivity index is 1.90. The molecule has 9 nitrogen and oxygen atoms in total. The molecule has 0 saturated carbocycles. The zero-order chi connectivity index (χ0) is 27.5. The molecule has 0 aliphatic carbocycles. The molecule has 0 heterocycles. The number of rotatable bonds is 13. The summed E-state index contributed by atoms with van der Waals surface area (Å²) in [4.78, 5) is 39.3. The number of hydrogen-bond acceptors (Lipinski definition) is 6. The Bertz CT molecular complexity index is 1220. The fourth-order valence-electron chi connectivity index (χ4n) is 3.90. The molecule has 9 heteroatoms. The number of nitrogens with zero attached hydrogens (tertiary/aromatic N) is 2. The van der Waals surface area contributed by atoms with E-state index in [4.69, 9.17) is 9.47 Å². The molecule has 38 heavy (non-hydrogen) atoms. The van der Waals surface area contributed by atoms with Crippen LogP contribution in [0.25, 0.3) is 0 Å². The van der Waals surface area contributed by atoms with Gasteiger partial charge in [-0.25, -0.2) is 0 Å². The lowest BCUT2D eigenvalue weighted by Gasteiger charge is -2.32. The van der Waals surface area contributed by atoms with Crippen LogP contribution in [0, 0.1) is 10.1 Å². The number of nitro benzene ring substituents is 1. The van der Waals surface area contributed by atoms with Crippen molar-refractivity contribution in [2.75, 3.05) is 13.7 Å². The van der Waals surface area contributed by atoms with Crippen molar-refractivity contribution >= 4 is 17.5 Å². The Morgan fingerprint density at radius 2 is 1.63 bits per heavy atom. The maximum absolute atomic E-state index is 13.6.